The van der Waals surface area contributed by atoms with Gasteiger partial charge >= 0.3 is 17.9 Å². The van der Waals surface area contributed by atoms with Gasteiger partial charge in [0.25, 0.3) is 0 Å². The molecule has 0 unspecified atom stereocenters. The molecule has 0 spiro atoms. The molecule has 0 rings (SSSR count). The highest BCUT2D eigenvalue weighted by molar-refractivity contribution is 5.71. The Hall–Kier alpha value is -2.89. The van der Waals surface area contributed by atoms with Gasteiger partial charge in [-0.2, -0.15) is 0 Å². The van der Waals surface area contributed by atoms with Gasteiger partial charge in [0.15, 0.2) is 6.10 Å². The van der Waals surface area contributed by atoms with Crippen molar-refractivity contribution in [1.82, 2.24) is 0 Å². The van der Waals surface area contributed by atoms with Crippen molar-refractivity contribution in [2.45, 2.75) is 258 Å². The smallest absolute Gasteiger partial charge is 0.306 e. The second kappa shape index (κ2) is 49.8. The molecule has 61 heavy (non-hydrogen) atoms. The van der Waals surface area contributed by atoms with E-state index in [1.54, 1.807) is 0 Å². The molecule has 0 aromatic carbocycles. The van der Waals surface area contributed by atoms with Crippen molar-refractivity contribution >= 4 is 17.9 Å². The summed E-state index contributed by atoms with van der Waals surface area (Å²) in [5, 5.41) is 0. The lowest BCUT2D eigenvalue weighted by molar-refractivity contribution is -0.167. The van der Waals surface area contributed by atoms with Crippen LogP contribution in [-0.4, -0.2) is 37.2 Å². The molecule has 352 valence electrons. The lowest BCUT2D eigenvalue weighted by atomic mass is 10.0. The highest BCUT2D eigenvalue weighted by Crippen LogP contribution is 2.15. The Morgan fingerprint density at radius 2 is 0.639 bits per heavy atom. The summed E-state index contributed by atoms with van der Waals surface area (Å²) in [6, 6.07) is 0. The van der Waals surface area contributed by atoms with Gasteiger partial charge in [-0.05, 0) is 83.5 Å². The summed E-state index contributed by atoms with van der Waals surface area (Å²) in [4.78, 5) is 38.0. The maximum absolute atomic E-state index is 12.8. The average Bonchev–Trinajstić information content (AvgIpc) is 3.26. The van der Waals surface area contributed by atoms with Crippen LogP contribution in [0.15, 0.2) is 60.8 Å². The summed E-state index contributed by atoms with van der Waals surface area (Å²) in [5.41, 5.74) is 0. The van der Waals surface area contributed by atoms with Crippen molar-refractivity contribution in [3.8, 4) is 0 Å². The number of esters is 3. The Bertz CT molecular complexity index is 1120. The predicted octanol–water partition coefficient (Wildman–Crippen LogP) is 16.9. The first kappa shape index (κ1) is 58.1. The van der Waals surface area contributed by atoms with Crippen LogP contribution in [0.5, 0.6) is 0 Å². The molecular formula is C55H96O6. The van der Waals surface area contributed by atoms with E-state index in [4.69, 9.17) is 14.2 Å². The fourth-order valence-electron chi connectivity index (χ4n) is 7.13. The van der Waals surface area contributed by atoms with Gasteiger partial charge < -0.3 is 14.2 Å². The molecule has 0 fully saturated rings. The molecule has 0 N–H and O–H groups in total. The number of carbonyl (C=O) groups excluding carboxylic acids is 3. The third kappa shape index (κ3) is 48.0. The molecule has 0 aliphatic heterocycles. The first-order valence-corrected chi connectivity index (χ1v) is 25.8. The van der Waals surface area contributed by atoms with Gasteiger partial charge in [0.1, 0.15) is 13.2 Å². The third-order valence-corrected chi connectivity index (χ3v) is 11.0. The maximum atomic E-state index is 12.8. The fourth-order valence-corrected chi connectivity index (χ4v) is 7.13. The Balaban J connectivity index is 4.41. The molecule has 6 nitrogen and oxygen atoms in total. The number of rotatable bonds is 46. The van der Waals surface area contributed by atoms with Crippen LogP contribution in [0, 0.1) is 0 Å². The largest absolute Gasteiger partial charge is 0.462 e. The van der Waals surface area contributed by atoms with Gasteiger partial charge in [-0.3, -0.25) is 14.4 Å². The molecule has 0 aromatic rings. The number of hydrogen-bond acceptors (Lipinski definition) is 6. The Labute approximate surface area is 377 Å². The van der Waals surface area contributed by atoms with Gasteiger partial charge in [0.2, 0.25) is 0 Å². The van der Waals surface area contributed by atoms with Crippen LogP contribution in [0.4, 0.5) is 0 Å². The van der Waals surface area contributed by atoms with Gasteiger partial charge in [-0.25, -0.2) is 0 Å². The molecule has 0 aromatic heterocycles. The highest BCUT2D eigenvalue weighted by atomic mass is 16.6. The fraction of sp³-hybridized carbons (Fsp3) is 0.764. The van der Waals surface area contributed by atoms with Gasteiger partial charge in [0.05, 0.1) is 0 Å². The van der Waals surface area contributed by atoms with E-state index in [0.29, 0.717) is 19.3 Å². The van der Waals surface area contributed by atoms with Crippen LogP contribution in [0.1, 0.15) is 252 Å². The Kier molecular flexibility index (Phi) is 47.4. The van der Waals surface area contributed by atoms with E-state index in [0.717, 1.165) is 116 Å². The van der Waals surface area contributed by atoms with Gasteiger partial charge in [-0.15, -0.1) is 0 Å². The van der Waals surface area contributed by atoms with Crippen LogP contribution >= 0.6 is 0 Å². The van der Waals surface area contributed by atoms with Gasteiger partial charge in [0, 0.05) is 19.3 Å². The molecule has 0 saturated carbocycles. The van der Waals surface area contributed by atoms with E-state index in [1.807, 2.05) is 0 Å². The summed E-state index contributed by atoms with van der Waals surface area (Å²) in [5.74, 6) is -0.910. The zero-order valence-electron chi connectivity index (χ0n) is 40.2. The molecule has 0 amide bonds. The maximum Gasteiger partial charge on any atom is 0.306 e. The van der Waals surface area contributed by atoms with Crippen molar-refractivity contribution in [1.29, 1.82) is 0 Å². The molecule has 0 heterocycles. The number of hydrogen-bond donors (Lipinski definition) is 0. The molecule has 0 saturated heterocycles. The minimum Gasteiger partial charge on any atom is -0.462 e. The normalized spacial score (nSPS) is 12.5. The van der Waals surface area contributed by atoms with E-state index >= 15 is 0 Å². The van der Waals surface area contributed by atoms with Crippen molar-refractivity contribution in [3.05, 3.63) is 60.8 Å². The van der Waals surface area contributed by atoms with Gasteiger partial charge in [-0.1, -0.05) is 210 Å². The second-order valence-electron chi connectivity index (χ2n) is 17.1. The van der Waals surface area contributed by atoms with Crippen molar-refractivity contribution in [2.75, 3.05) is 13.2 Å². The summed E-state index contributed by atoms with van der Waals surface area (Å²) >= 11 is 0. The van der Waals surface area contributed by atoms with Crippen LogP contribution < -0.4 is 0 Å². The van der Waals surface area contributed by atoms with Crippen molar-refractivity contribution in [3.63, 3.8) is 0 Å². The molecule has 1 atom stereocenters. The standard InChI is InChI=1S/C55H96O6/c1-4-7-10-13-16-19-22-25-27-30-32-35-38-41-44-47-53(56)59-50-52(61-55(58)49-46-43-40-37-34-29-24-21-18-15-12-9-6-3)51-60-54(57)48-45-42-39-36-33-31-28-26-23-20-17-14-11-8-5-2/h7,10,16-17,19-20,25-28,52H,4-6,8-9,11-15,18,21-24,29-51H2,1-3H3/b10-7-,19-16-,20-17-,27-25-,28-26-/t52-/m0/s1. The molecule has 0 aliphatic carbocycles. The van der Waals surface area contributed by atoms with E-state index in [1.165, 1.54) is 96.3 Å². The summed E-state index contributed by atoms with van der Waals surface area (Å²) in [6.45, 7) is 6.48. The first-order chi connectivity index (χ1) is 30.0. The van der Waals surface area contributed by atoms with Crippen molar-refractivity contribution in [2.24, 2.45) is 0 Å². The summed E-state index contributed by atoms with van der Waals surface area (Å²) in [7, 11) is 0. The number of unbranched alkanes of at least 4 members (excludes halogenated alkanes) is 25. The minimum atomic E-state index is -0.784. The monoisotopic (exact) mass is 853 g/mol. The Morgan fingerprint density at radius 3 is 1.03 bits per heavy atom. The lowest BCUT2D eigenvalue weighted by Gasteiger charge is -2.18. The number of ether oxygens (including phenoxy) is 3. The highest BCUT2D eigenvalue weighted by Gasteiger charge is 2.19. The molecular weight excluding hydrogens is 757 g/mol. The number of allylic oxidation sites excluding steroid dienone is 10. The second-order valence-corrected chi connectivity index (χ2v) is 17.1. The predicted molar refractivity (Wildman–Crippen MR) is 261 cm³/mol. The van der Waals surface area contributed by atoms with E-state index in [9.17, 15) is 14.4 Å². The number of carbonyl (C=O) groups is 3. The Morgan fingerprint density at radius 1 is 0.344 bits per heavy atom. The lowest BCUT2D eigenvalue weighted by Crippen LogP contribution is -2.30. The average molecular weight is 853 g/mol. The van der Waals surface area contributed by atoms with E-state index in [2.05, 4.69) is 81.5 Å². The molecule has 0 bridgehead atoms. The topological polar surface area (TPSA) is 78.9 Å². The third-order valence-electron chi connectivity index (χ3n) is 11.0. The molecule has 0 aliphatic rings. The molecule has 0 radical (unpaired) electrons. The van der Waals surface area contributed by atoms with Crippen LogP contribution in [-0.2, 0) is 28.6 Å². The van der Waals surface area contributed by atoms with E-state index in [-0.39, 0.29) is 31.1 Å². The van der Waals surface area contributed by atoms with Crippen molar-refractivity contribution < 1.29 is 28.6 Å². The molecule has 6 heteroatoms. The van der Waals surface area contributed by atoms with Crippen LogP contribution in [0.3, 0.4) is 0 Å². The zero-order valence-corrected chi connectivity index (χ0v) is 40.2. The summed E-state index contributed by atoms with van der Waals surface area (Å²) in [6.07, 6.45) is 60.5. The quantitative estimate of drug-likeness (QED) is 0.0263. The summed E-state index contributed by atoms with van der Waals surface area (Å²) < 4.78 is 16.8. The van der Waals surface area contributed by atoms with E-state index < -0.39 is 6.10 Å². The zero-order chi connectivity index (χ0) is 44.4. The SMILES string of the molecule is CC/C=C\C/C=C\C/C=C\CCCCCCCC(=O)OC[C@@H](COC(=O)CCCCCCC/C=C\C/C=C\CCCCC)OC(=O)CCCCCCCCCCCCCCC. The first-order valence-electron chi connectivity index (χ1n) is 25.8. The minimum absolute atomic E-state index is 0.0856. The van der Waals surface area contributed by atoms with Crippen LogP contribution in [0.2, 0.25) is 0 Å². The van der Waals surface area contributed by atoms with Crippen LogP contribution in [0.25, 0.3) is 0 Å².